The molecule has 0 fully saturated rings. The van der Waals surface area contributed by atoms with Crippen LogP contribution in [0.1, 0.15) is 117 Å². The molecule has 0 amide bonds. The van der Waals surface area contributed by atoms with Crippen LogP contribution in [-0.2, 0) is 19.1 Å². The first kappa shape index (κ1) is 28.5. The number of ether oxygens (including phenoxy) is 2. The fourth-order valence-electron chi connectivity index (χ4n) is 3.97. The van der Waals surface area contributed by atoms with Crippen molar-refractivity contribution < 1.29 is 24.2 Å². The molecule has 32 heavy (non-hydrogen) atoms. The summed E-state index contributed by atoms with van der Waals surface area (Å²) in [5.74, 6) is -0.744. The predicted octanol–water partition coefficient (Wildman–Crippen LogP) is 5.57. The number of carbonyl (C=O) groups is 2. The van der Waals surface area contributed by atoms with Crippen molar-refractivity contribution in [1.29, 1.82) is 0 Å². The molecule has 6 heteroatoms. The van der Waals surface area contributed by atoms with Crippen molar-refractivity contribution in [3.63, 3.8) is 0 Å². The number of aliphatic hydroxyl groups is 1. The summed E-state index contributed by atoms with van der Waals surface area (Å²) in [6.45, 7) is 6.47. The van der Waals surface area contributed by atoms with Gasteiger partial charge in [0.25, 0.3) is 0 Å². The number of hydrogen-bond donors (Lipinski definition) is 2. The van der Waals surface area contributed by atoms with Crippen molar-refractivity contribution in [2.45, 2.75) is 129 Å². The van der Waals surface area contributed by atoms with Crippen LogP contribution in [0.4, 0.5) is 0 Å². The highest BCUT2D eigenvalue weighted by atomic mass is 16.6. The van der Waals surface area contributed by atoms with E-state index in [1.165, 1.54) is 64.2 Å². The molecule has 1 heterocycles. The average Bonchev–Trinajstić information content (AvgIpc) is 3.07. The Kier molecular flexibility index (Phi) is 16.0. The van der Waals surface area contributed by atoms with Crippen LogP contribution < -0.4 is 5.32 Å². The highest BCUT2D eigenvalue weighted by Gasteiger charge is 2.37. The maximum Gasteiger partial charge on any atom is 0.336 e. The summed E-state index contributed by atoms with van der Waals surface area (Å²) in [6.07, 6.45) is 15.8. The Morgan fingerprint density at radius 3 is 2.00 bits per heavy atom. The van der Waals surface area contributed by atoms with Gasteiger partial charge in [-0.25, -0.2) is 4.79 Å². The van der Waals surface area contributed by atoms with Crippen LogP contribution >= 0.6 is 0 Å². The minimum Gasteiger partial charge on any atom is -0.463 e. The summed E-state index contributed by atoms with van der Waals surface area (Å²) < 4.78 is 10.5. The van der Waals surface area contributed by atoms with Crippen molar-refractivity contribution >= 4 is 11.9 Å². The highest BCUT2D eigenvalue weighted by molar-refractivity contribution is 5.91. The van der Waals surface area contributed by atoms with Crippen LogP contribution in [0.5, 0.6) is 0 Å². The topological polar surface area (TPSA) is 84.9 Å². The highest BCUT2D eigenvalue weighted by Crippen LogP contribution is 2.23. The third-order valence-electron chi connectivity index (χ3n) is 6.04. The fraction of sp³-hybridized carbons (Fsp3) is 0.846. The van der Waals surface area contributed by atoms with E-state index in [9.17, 15) is 14.7 Å². The third kappa shape index (κ3) is 11.9. The molecule has 6 nitrogen and oxygen atoms in total. The molecule has 1 rings (SSSR count). The van der Waals surface area contributed by atoms with E-state index < -0.39 is 18.2 Å². The molecular weight excluding hydrogens is 406 g/mol. The number of unbranched alkanes of at least 4 members (excludes halogenated alkanes) is 12. The molecule has 0 aliphatic carbocycles. The first-order valence-electron chi connectivity index (χ1n) is 13.0. The number of carbonyl (C=O) groups excluding carboxylic acids is 2. The summed E-state index contributed by atoms with van der Waals surface area (Å²) in [7, 11) is 0. The van der Waals surface area contributed by atoms with Gasteiger partial charge in [0.05, 0.1) is 11.3 Å². The Labute approximate surface area is 195 Å². The summed E-state index contributed by atoms with van der Waals surface area (Å²) in [6, 6.07) is 0. The van der Waals surface area contributed by atoms with Crippen LogP contribution in [0, 0.1) is 0 Å². The Morgan fingerprint density at radius 1 is 0.938 bits per heavy atom. The van der Waals surface area contributed by atoms with Gasteiger partial charge in [-0.1, -0.05) is 90.9 Å². The molecule has 1 aliphatic heterocycles. The van der Waals surface area contributed by atoms with Gasteiger partial charge in [-0.15, -0.1) is 0 Å². The van der Waals surface area contributed by atoms with E-state index in [4.69, 9.17) is 9.47 Å². The minimum absolute atomic E-state index is 0.167. The van der Waals surface area contributed by atoms with Gasteiger partial charge < -0.3 is 19.9 Å². The Bertz CT molecular complexity index is 560. The molecule has 0 saturated carbocycles. The summed E-state index contributed by atoms with van der Waals surface area (Å²) in [5, 5.41) is 13.5. The maximum atomic E-state index is 12.0. The Hall–Kier alpha value is -1.56. The van der Waals surface area contributed by atoms with Gasteiger partial charge in [-0.3, -0.25) is 4.79 Å². The summed E-state index contributed by atoms with van der Waals surface area (Å²) in [5.41, 5.74) is 1.07. The fourth-order valence-corrected chi connectivity index (χ4v) is 3.97. The van der Waals surface area contributed by atoms with Crippen molar-refractivity contribution in [2.75, 3.05) is 13.2 Å². The van der Waals surface area contributed by atoms with Gasteiger partial charge in [-0.05, 0) is 19.8 Å². The van der Waals surface area contributed by atoms with Gasteiger partial charge in [0.1, 0.15) is 12.7 Å². The number of nitrogens with one attached hydrogen (secondary N) is 1. The van der Waals surface area contributed by atoms with Gasteiger partial charge in [0, 0.05) is 13.0 Å². The third-order valence-corrected chi connectivity index (χ3v) is 6.04. The minimum atomic E-state index is -1.06. The largest absolute Gasteiger partial charge is 0.463 e. The molecular formula is C26H47NO5. The zero-order valence-electron chi connectivity index (χ0n) is 20.8. The number of aliphatic hydroxyl groups excluding tert-OH is 1. The molecule has 2 N–H and O–H groups in total. The molecule has 0 aromatic carbocycles. The van der Waals surface area contributed by atoms with Crippen LogP contribution in [0.2, 0.25) is 0 Å². The zero-order valence-corrected chi connectivity index (χ0v) is 20.8. The number of esters is 2. The van der Waals surface area contributed by atoms with E-state index in [1.807, 2.05) is 6.92 Å². The van der Waals surface area contributed by atoms with Crippen LogP contribution in [-0.4, -0.2) is 42.4 Å². The molecule has 0 spiro atoms. The second-order valence-corrected chi connectivity index (χ2v) is 9.03. The lowest BCUT2D eigenvalue weighted by atomic mass is 10.0. The van der Waals surface area contributed by atoms with E-state index in [1.54, 1.807) is 6.92 Å². The van der Waals surface area contributed by atoms with Crippen LogP contribution in [0.25, 0.3) is 0 Å². The van der Waals surface area contributed by atoms with E-state index in [0.717, 1.165) is 25.7 Å². The number of rotatable bonds is 20. The van der Waals surface area contributed by atoms with Crippen molar-refractivity contribution in [2.24, 2.45) is 0 Å². The molecule has 0 unspecified atom stereocenters. The van der Waals surface area contributed by atoms with Gasteiger partial charge in [-0.2, -0.15) is 0 Å². The SMILES string of the molecule is CCCCCCCCCCCCCCCC(=O)OC[C@H](O)[C@H]1OC(=O)C(C)=C1NCCC. The first-order chi connectivity index (χ1) is 15.5. The van der Waals surface area contributed by atoms with E-state index in [-0.39, 0.29) is 12.6 Å². The van der Waals surface area contributed by atoms with Gasteiger partial charge in [0.15, 0.2) is 6.10 Å². The van der Waals surface area contributed by atoms with Crippen molar-refractivity contribution in [3.8, 4) is 0 Å². The Morgan fingerprint density at radius 2 is 1.47 bits per heavy atom. The Balaban J connectivity index is 2.04. The second-order valence-electron chi connectivity index (χ2n) is 9.03. The normalized spacial score (nSPS) is 16.9. The van der Waals surface area contributed by atoms with Crippen molar-refractivity contribution in [1.82, 2.24) is 5.32 Å². The van der Waals surface area contributed by atoms with Crippen LogP contribution in [0.15, 0.2) is 11.3 Å². The number of hydrogen-bond acceptors (Lipinski definition) is 6. The maximum absolute atomic E-state index is 12.0. The monoisotopic (exact) mass is 453 g/mol. The average molecular weight is 454 g/mol. The lowest BCUT2D eigenvalue weighted by molar-refractivity contribution is -0.153. The number of cyclic esters (lactones) is 1. The first-order valence-corrected chi connectivity index (χ1v) is 13.0. The molecule has 0 bridgehead atoms. The molecule has 0 radical (unpaired) electrons. The van der Waals surface area contributed by atoms with E-state index in [0.29, 0.717) is 24.2 Å². The van der Waals surface area contributed by atoms with E-state index in [2.05, 4.69) is 12.2 Å². The smallest absolute Gasteiger partial charge is 0.336 e. The molecule has 2 atom stereocenters. The van der Waals surface area contributed by atoms with Crippen LogP contribution in [0.3, 0.4) is 0 Å². The molecule has 0 aromatic rings. The lowest BCUT2D eigenvalue weighted by Gasteiger charge is -2.21. The van der Waals surface area contributed by atoms with Gasteiger partial charge in [0.2, 0.25) is 0 Å². The predicted molar refractivity (Wildman–Crippen MR) is 128 cm³/mol. The molecule has 1 aliphatic rings. The van der Waals surface area contributed by atoms with E-state index >= 15 is 0 Å². The summed E-state index contributed by atoms with van der Waals surface area (Å²) >= 11 is 0. The molecule has 0 saturated heterocycles. The lowest BCUT2D eigenvalue weighted by Crippen LogP contribution is -2.37. The molecule has 0 aromatic heterocycles. The van der Waals surface area contributed by atoms with Crippen molar-refractivity contribution in [3.05, 3.63) is 11.3 Å². The molecule has 186 valence electrons. The second kappa shape index (κ2) is 17.9. The van der Waals surface area contributed by atoms with Gasteiger partial charge >= 0.3 is 11.9 Å². The zero-order chi connectivity index (χ0) is 23.6. The standard InChI is InChI=1S/C26H47NO5/c1-4-6-7-8-9-10-11-12-13-14-15-16-17-18-23(29)31-20-22(28)25-24(27-19-5-2)21(3)26(30)32-25/h22,25,27-28H,4-20H2,1-3H3/t22-,25+/m0/s1. The summed E-state index contributed by atoms with van der Waals surface area (Å²) in [4.78, 5) is 23.8. The quantitative estimate of drug-likeness (QED) is 0.185.